The lowest BCUT2D eigenvalue weighted by molar-refractivity contribution is 0.914. The summed E-state index contributed by atoms with van der Waals surface area (Å²) in [5.74, 6) is -0.426. The molecule has 0 spiro atoms. The Morgan fingerprint density at radius 1 is 1.12 bits per heavy atom. The minimum atomic E-state index is -0.530. The zero-order chi connectivity index (χ0) is 18.3. The highest BCUT2D eigenvalue weighted by Gasteiger charge is 2.32. The summed E-state index contributed by atoms with van der Waals surface area (Å²) in [7, 11) is 0. The first-order valence-electron chi connectivity index (χ1n) is 7.50. The number of thiazole rings is 1. The highest BCUT2D eigenvalue weighted by molar-refractivity contribution is 7.11. The number of nitrogens with zero attached hydrogens (tertiary/aromatic N) is 3. The molecule has 8 heteroatoms. The van der Waals surface area contributed by atoms with Gasteiger partial charge in [-0.2, -0.15) is 10.5 Å². The van der Waals surface area contributed by atoms with Crippen molar-refractivity contribution in [3.8, 4) is 12.1 Å². The Bertz CT molecular complexity index is 1280. The molecule has 0 aromatic carbocycles. The molecular weight excluding hydrogens is 384 g/mol. The van der Waals surface area contributed by atoms with E-state index in [1.54, 1.807) is 6.08 Å². The molecule has 4 rings (SSSR count). The fourth-order valence-electron chi connectivity index (χ4n) is 2.89. The quantitative estimate of drug-likeness (QED) is 0.719. The van der Waals surface area contributed by atoms with Gasteiger partial charge < -0.3 is 5.73 Å². The van der Waals surface area contributed by atoms with E-state index in [4.69, 9.17) is 5.73 Å². The summed E-state index contributed by atoms with van der Waals surface area (Å²) in [6.45, 7) is 0. The SMILES string of the molecule is N#CC1=C(N)n2c(sc(=Cc3cccs3)c2=O)=C(C#N)C1c1cccs1. The van der Waals surface area contributed by atoms with Gasteiger partial charge in [-0.25, -0.2) is 0 Å². The van der Waals surface area contributed by atoms with Crippen LogP contribution in [0.15, 0.2) is 45.4 Å². The van der Waals surface area contributed by atoms with Crippen molar-refractivity contribution in [2.45, 2.75) is 5.92 Å². The molecule has 3 aromatic heterocycles. The average Bonchev–Trinajstić information content (AvgIpc) is 3.38. The molecule has 26 heavy (non-hydrogen) atoms. The molecule has 5 nitrogen and oxygen atoms in total. The Morgan fingerprint density at radius 3 is 2.46 bits per heavy atom. The molecule has 1 aliphatic heterocycles. The second kappa shape index (κ2) is 6.43. The first-order valence-corrected chi connectivity index (χ1v) is 10.1. The van der Waals surface area contributed by atoms with Gasteiger partial charge in [0.05, 0.1) is 33.7 Å². The maximum Gasteiger partial charge on any atom is 0.274 e. The van der Waals surface area contributed by atoms with Crippen LogP contribution in [0.1, 0.15) is 15.7 Å². The van der Waals surface area contributed by atoms with Gasteiger partial charge in [-0.3, -0.25) is 9.36 Å². The Hall–Kier alpha value is -2.91. The number of allylic oxidation sites excluding steroid dienone is 1. The summed E-state index contributed by atoms with van der Waals surface area (Å²) in [6, 6.07) is 11.9. The summed E-state index contributed by atoms with van der Waals surface area (Å²) in [6.07, 6.45) is 1.79. The number of hydrogen-bond donors (Lipinski definition) is 1. The molecule has 4 heterocycles. The molecular formula is C18H10N4OS3. The first-order chi connectivity index (χ1) is 12.7. The number of nitriles is 2. The number of aromatic nitrogens is 1. The van der Waals surface area contributed by atoms with Crippen molar-refractivity contribution >= 4 is 51.5 Å². The Kier molecular flexibility index (Phi) is 4.09. The van der Waals surface area contributed by atoms with Crippen LogP contribution in [-0.4, -0.2) is 4.57 Å². The molecule has 1 aliphatic rings. The standard InChI is InChI=1S/C18H10N4OS3/c19-8-11-15(13-4-2-6-25-13)12(9-20)18-22(16(11)21)17(23)14(26-18)7-10-3-1-5-24-10/h1-7,15H,21H2. The van der Waals surface area contributed by atoms with Gasteiger partial charge in [0.1, 0.15) is 10.5 Å². The molecule has 2 N–H and O–H groups in total. The van der Waals surface area contributed by atoms with Crippen LogP contribution in [0, 0.1) is 22.7 Å². The summed E-state index contributed by atoms with van der Waals surface area (Å²) in [5.41, 5.74) is 6.51. The zero-order valence-corrected chi connectivity index (χ0v) is 15.6. The van der Waals surface area contributed by atoms with Crippen LogP contribution in [0.4, 0.5) is 0 Å². The maximum absolute atomic E-state index is 12.9. The lowest BCUT2D eigenvalue weighted by atomic mass is 9.89. The molecule has 0 radical (unpaired) electrons. The van der Waals surface area contributed by atoms with E-state index in [1.165, 1.54) is 38.6 Å². The molecule has 0 aliphatic carbocycles. The lowest BCUT2D eigenvalue weighted by Gasteiger charge is -2.20. The van der Waals surface area contributed by atoms with Crippen LogP contribution in [0.3, 0.4) is 0 Å². The van der Waals surface area contributed by atoms with Crippen molar-refractivity contribution in [2.75, 3.05) is 0 Å². The fraction of sp³-hybridized carbons (Fsp3) is 0.0556. The topological polar surface area (TPSA) is 95.6 Å². The number of hydrogen-bond acceptors (Lipinski definition) is 7. The van der Waals surface area contributed by atoms with E-state index < -0.39 is 5.92 Å². The van der Waals surface area contributed by atoms with Crippen molar-refractivity contribution in [1.82, 2.24) is 4.57 Å². The highest BCUT2D eigenvalue weighted by Crippen LogP contribution is 2.37. The predicted octanol–water partition coefficient (Wildman–Crippen LogP) is 1.98. The van der Waals surface area contributed by atoms with E-state index in [-0.39, 0.29) is 17.0 Å². The zero-order valence-electron chi connectivity index (χ0n) is 13.2. The van der Waals surface area contributed by atoms with Crippen LogP contribution in [-0.2, 0) is 0 Å². The number of fused-ring (bicyclic) bond motifs is 1. The van der Waals surface area contributed by atoms with E-state index in [1.807, 2.05) is 35.0 Å². The average molecular weight is 395 g/mol. The van der Waals surface area contributed by atoms with Crippen molar-refractivity contribution < 1.29 is 0 Å². The first kappa shape index (κ1) is 16.6. The molecule has 0 fully saturated rings. The van der Waals surface area contributed by atoms with Gasteiger partial charge in [-0.15, -0.1) is 34.0 Å². The van der Waals surface area contributed by atoms with E-state index in [0.717, 1.165) is 9.75 Å². The third kappa shape index (κ3) is 2.44. The van der Waals surface area contributed by atoms with Gasteiger partial charge in [0.25, 0.3) is 5.56 Å². The summed E-state index contributed by atoms with van der Waals surface area (Å²) < 4.78 is 2.28. The largest absolute Gasteiger partial charge is 0.384 e. The normalized spacial score (nSPS) is 17.1. The summed E-state index contributed by atoms with van der Waals surface area (Å²) in [5, 5.41) is 23.3. The minimum absolute atomic E-state index is 0.104. The molecule has 1 atom stereocenters. The van der Waals surface area contributed by atoms with Crippen LogP contribution in [0.25, 0.3) is 17.5 Å². The highest BCUT2D eigenvalue weighted by atomic mass is 32.1. The third-order valence-corrected chi connectivity index (χ3v) is 6.90. The van der Waals surface area contributed by atoms with Crippen molar-refractivity contribution in [3.63, 3.8) is 0 Å². The molecule has 0 bridgehead atoms. The fourth-order valence-corrected chi connectivity index (χ4v) is 5.59. The van der Waals surface area contributed by atoms with Crippen LogP contribution < -0.4 is 20.5 Å². The van der Waals surface area contributed by atoms with Crippen molar-refractivity contribution in [1.29, 1.82) is 10.5 Å². The van der Waals surface area contributed by atoms with Crippen molar-refractivity contribution in [2.24, 2.45) is 5.73 Å². The van der Waals surface area contributed by atoms with Gasteiger partial charge in [0, 0.05) is 9.75 Å². The molecule has 0 amide bonds. The van der Waals surface area contributed by atoms with E-state index in [9.17, 15) is 15.3 Å². The second-order valence-corrected chi connectivity index (χ2v) is 8.45. The molecule has 126 valence electrons. The van der Waals surface area contributed by atoms with Crippen LogP contribution in [0.2, 0.25) is 0 Å². The Morgan fingerprint density at radius 2 is 1.85 bits per heavy atom. The monoisotopic (exact) mass is 394 g/mol. The lowest BCUT2D eigenvalue weighted by Crippen LogP contribution is -2.38. The van der Waals surface area contributed by atoms with Gasteiger partial charge in [0.2, 0.25) is 0 Å². The van der Waals surface area contributed by atoms with E-state index in [2.05, 4.69) is 12.1 Å². The van der Waals surface area contributed by atoms with E-state index in [0.29, 0.717) is 14.8 Å². The number of nitrogens with two attached hydrogens (primary N) is 1. The van der Waals surface area contributed by atoms with E-state index >= 15 is 0 Å². The predicted molar refractivity (Wildman–Crippen MR) is 105 cm³/mol. The molecule has 1 unspecified atom stereocenters. The van der Waals surface area contributed by atoms with Crippen molar-refractivity contribution in [3.05, 3.63) is 69.9 Å². The smallest absolute Gasteiger partial charge is 0.274 e. The number of rotatable bonds is 2. The molecule has 3 aromatic rings. The maximum atomic E-state index is 12.9. The Balaban J connectivity index is 2.11. The third-order valence-electron chi connectivity index (χ3n) is 4.03. The minimum Gasteiger partial charge on any atom is -0.384 e. The summed E-state index contributed by atoms with van der Waals surface area (Å²) in [4.78, 5) is 14.7. The molecule has 0 saturated heterocycles. The van der Waals surface area contributed by atoms with Gasteiger partial charge in [-0.05, 0) is 29.0 Å². The molecule has 0 saturated carbocycles. The second-order valence-electron chi connectivity index (χ2n) is 5.46. The van der Waals surface area contributed by atoms with Gasteiger partial charge in [-0.1, -0.05) is 12.1 Å². The van der Waals surface area contributed by atoms with Crippen LogP contribution in [0.5, 0.6) is 0 Å². The van der Waals surface area contributed by atoms with Crippen LogP contribution >= 0.6 is 34.0 Å². The van der Waals surface area contributed by atoms with Gasteiger partial charge >= 0.3 is 0 Å². The summed E-state index contributed by atoms with van der Waals surface area (Å²) >= 11 is 4.21. The Labute approximate surface area is 160 Å². The number of thiophene rings is 2. The van der Waals surface area contributed by atoms with Gasteiger partial charge in [0.15, 0.2) is 0 Å².